The zero-order valence-electron chi connectivity index (χ0n) is 8.58. The van der Waals surface area contributed by atoms with Crippen LogP contribution in [-0.4, -0.2) is 14.5 Å². The van der Waals surface area contributed by atoms with Gasteiger partial charge in [-0.05, 0) is 0 Å². The van der Waals surface area contributed by atoms with Crippen LogP contribution in [0.3, 0.4) is 0 Å². The molecule has 0 aliphatic heterocycles. The number of hydrogen-bond donors (Lipinski definition) is 0. The van der Waals surface area contributed by atoms with E-state index in [-0.39, 0.29) is 0 Å². The molecule has 0 spiro atoms. The predicted octanol–water partition coefficient (Wildman–Crippen LogP) is 3.28. The normalized spacial score (nSPS) is 10.4. The molecule has 1 aromatic carbocycles. The average molecular weight is 249 g/mol. The molecule has 0 fully saturated rings. The molecule has 0 amide bonds. The Bertz CT molecular complexity index is 409. The van der Waals surface area contributed by atoms with Crippen molar-refractivity contribution in [1.82, 2.24) is 0 Å². The molecule has 0 atom stereocenters. The second kappa shape index (κ2) is 4.16. The summed E-state index contributed by atoms with van der Waals surface area (Å²) >= 11 is 0.563. The first-order valence-corrected chi connectivity index (χ1v) is 6.66. The maximum absolute atomic E-state index is 2.26. The van der Waals surface area contributed by atoms with Gasteiger partial charge in [0.05, 0.1) is 0 Å². The molecule has 0 N–H and O–H groups in total. The molecule has 14 heavy (non-hydrogen) atoms. The Morgan fingerprint density at radius 2 is 1.71 bits per heavy atom. The summed E-state index contributed by atoms with van der Waals surface area (Å²) in [6.45, 7) is 4.41. The van der Waals surface area contributed by atoms with Crippen molar-refractivity contribution < 1.29 is 0 Å². The Morgan fingerprint density at radius 1 is 1.00 bits per heavy atom. The van der Waals surface area contributed by atoms with Gasteiger partial charge in [0.2, 0.25) is 0 Å². The van der Waals surface area contributed by atoms with E-state index in [1.54, 1.807) is 0 Å². The van der Waals surface area contributed by atoms with Crippen LogP contribution in [0.5, 0.6) is 0 Å². The third-order valence-electron chi connectivity index (χ3n) is 2.39. The molecule has 0 aliphatic rings. The average Bonchev–Trinajstić information content (AvgIpc) is 2.65. The topological polar surface area (TPSA) is 0 Å². The summed E-state index contributed by atoms with van der Waals surface area (Å²) < 4.78 is 3.03. The maximum atomic E-state index is 2.26. The molecule has 0 radical (unpaired) electrons. The SMILES string of the molecule is CCc1ccc(-c2ccc(C)[se]2)cc1. The second-order valence-corrected chi connectivity index (χ2v) is 6.16. The zero-order chi connectivity index (χ0) is 9.97. The molecule has 0 saturated carbocycles. The Morgan fingerprint density at radius 3 is 2.21 bits per heavy atom. The molecule has 72 valence electrons. The van der Waals surface area contributed by atoms with Crippen LogP contribution in [0.2, 0.25) is 0 Å². The Kier molecular flexibility index (Phi) is 2.90. The minimum absolute atomic E-state index is 0.563. The van der Waals surface area contributed by atoms with Crippen LogP contribution < -0.4 is 0 Å². The van der Waals surface area contributed by atoms with Crippen molar-refractivity contribution in [1.29, 1.82) is 0 Å². The van der Waals surface area contributed by atoms with Gasteiger partial charge in [-0.2, -0.15) is 0 Å². The van der Waals surface area contributed by atoms with Crippen molar-refractivity contribution in [3.8, 4) is 10.0 Å². The van der Waals surface area contributed by atoms with Gasteiger partial charge in [0.25, 0.3) is 0 Å². The molecule has 0 unspecified atom stereocenters. The molecule has 1 heterocycles. The summed E-state index contributed by atoms with van der Waals surface area (Å²) in [4.78, 5) is 0. The first-order chi connectivity index (χ1) is 6.79. The first kappa shape index (κ1) is 9.76. The number of rotatable bonds is 2. The van der Waals surface area contributed by atoms with Crippen molar-refractivity contribution in [2.45, 2.75) is 20.3 Å². The van der Waals surface area contributed by atoms with E-state index in [0.29, 0.717) is 14.5 Å². The van der Waals surface area contributed by atoms with Gasteiger partial charge in [-0.1, -0.05) is 0 Å². The van der Waals surface area contributed by atoms with Crippen molar-refractivity contribution >= 4 is 14.5 Å². The summed E-state index contributed by atoms with van der Waals surface area (Å²) in [6, 6.07) is 13.5. The van der Waals surface area contributed by atoms with E-state index < -0.39 is 0 Å². The van der Waals surface area contributed by atoms with Crippen LogP contribution in [0.25, 0.3) is 10.0 Å². The van der Waals surface area contributed by atoms with E-state index in [1.807, 2.05) is 0 Å². The van der Waals surface area contributed by atoms with Gasteiger partial charge in [0, 0.05) is 0 Å². The monoisotopic (exact) mass is 250 g/mol. The van der Waals surface area contributed by atoms with Gasteiger partial charge in [-0.3, -0.25) is 0 Å². The summed E-state index contributed by atoms with van der Waals surface area (Å²) in [5, 5.41) is 0. The summed E-state index contributed by atoms with van der Waals surface area (Å²) in [6.07, 6.45) is 1.13. The summed E-state index contributed by atoms with van der Waals surface area (Å²) in [5.41, 5.74) is 2.82. The second-order valence-electron chi connectivity index (χ2n) is 3.46. The van der Waals surface area contributed by atoms with Gasteiger partial charge >= 0.3 is 91.2 Å². The molecule has 1 aromatic heterocycles. The minimum atomic E-state index is 0.563. The van der Waals surface area contributed by atoms with Crippen LogP contribution in [0, 0.1) is 6.92 Å². The van der Waals surface area contributed by atoms with Crippen LogP contribution in [0.4, 0.5) is 0 Å². The molecular formula is C13H14Se. The third-order valence-corrected chi connectivity index (χ3v) is 4.59. The molecule has 0 saturated heterocycles. The number of benzene rings is 1. The van der Waals surface area contributed by atoms with E-state index in [4.69, 9.17) is 0 Å². The standard InChI is InChI=1S/C13H14Se/c1-3-11-5-7-12(8-6-11)13-9-4-10(2)14-13/h4-9H,3H2,1-2H3. The van der Waals surface area contributed by atoms with Gasteiger partial charge in [0.15, 0.2) is 0 Å². The van der Waals surface area contributed by atoms with Crippen molar-refractivity contribution in [3.63, 3.8) is 0 Å². The molecule has 2 rings (SSSR count). The van der Waals surface area contributed by atoms with Gasteiger partial charge in [-0.25, -0.2) is 0 Å². The third kappa shape index (κ3) is 2.00. The Hall–Kier alpha value is -0.781. The molecule has 0 aliphatic carbocycles. The van der Waals surface area contributed by atoms with Crippen molar-refractivity contribution in [2.75, 3.05) is 0 Å². The first-order valence-electron chi connectivity index (χ1n) is 4.95. The quantitative estimate of drug-likeness (QED) is 0.716. The van der Waals surface area contributed by atoms with Gasteiger partial charge in [-0.15, -0.1) is 0 Å². The fourth-order valence-electron chi connectivity index (χ4n) is 1.49. The van der Waals surface area contributed by atoms with E-state index in [1.165, 1.54) is 20.0 Å². The molecular weight excluding hydrogens is 235 g/mol. The Labute approximate surface area is 91.3 Å². The molecule has 1 heteroatoms. The zero-order valence-corrected chi connectivity index (χ0v) is 10.3. The van der Waals surface area contributed by atoms with E-state index >= 15 is 0 Å². The van der Waals surface area contributed by atoms with E-state index in [9.17, 15) is 0 Å². The van der Waals surface area contributed by atoms with E-state index in [0.717, 1.165) is 6.42 Å². The fraction of sp³-hybridized carbons (Fsp3) is 0.231. The number of aryl methyl sites for hydroxylation is 2. The van der Waals surface area contributed by atoms with Crippen LogP contribution >= 0.6 is 0 Å². The van der Waals surface area contributed by atoms with Crippen LogP contribution in [0.15, 0.2) is 36.4 Å². The van der Waals surface area contributed by atoms with Gasteiger partial charge in [0.1, 0.15) is 0 Å². The number of hydrogen-bond acceptors (Lipinski definition) is 0. The van der Waals surface area contributed by atoms with Crippen molar-refractivity contribution in [3.05, 3.63) is 46.4 Å². The summed E-state index contributed by atoms with van der Waals surface area (Å²) in [7, 11) is 0. The predicted molar refractivity (Wildman–Crippen MR) is 62.9 cm³/mol. The van der Waals surface area contributed by atoms with Crippen LogP contribution in [-0.2, 0) is 6.42 Å². The summed E-state index contributed by atoms with van der Waals surface area (Å²) in [5.74, 6) is 0. The molecule has 0 nitrogen and oxygen atoms in total. The molecule has 0 bridgehead atoms. The van der Waals surface area contributed by atoms with Crippen molar-refractivity contribution in [2.24, 2.45) is 0 Å². The molecule has 2 aromatic rings. The Balaban J connectivity index is 2.33. The van der Waals surface area contributed by atoms with E-state index in [2.05, 4.69) is 50.2 Å². The van der Waals surface area contributed by atoms with Gasteiger partial charge < -0.3 is 0 Å². The van der Waals surface area contributed by atoms with Crippen LogP contribution in [0.1, 0.15) is 16.9 Å². The fourth-order valence-corrected chi connectivity index (χ4v) is 3.33.